The van der Waals surface area contributed by atoms with E-state index in [1.54, 1.807) is 14.0 Å². The summed E-state index contributed by atoms with van der Waals surface area (Å²) in [7, 11) is 1.65. The largest absolute Gasteiger partial charge is 0.387 e. The third-order valence-electron chi connectivity index (χ3n) is 2.20. The Kier molecular flexibility index (Phi) is 5.39. The summed E-state index contributed by atoms with van der Waals surface area (Å²) in [5.74, 6) is 0. The van der Waals surface area contributed by atoms with E-state index in [0.717, 1.165) is 12.2 Å². The number of aliphatic hydroxyl groups is 1. The zero-order valence-corrected chi connectivity index (χ0v) is 9.35. The molecule has 0 aliphatic rings. The molecule has 0 bridgehead atoms. The second kappa shape index (κ2) is 6.61. The molecule has 15 heavy (non-hydrogen) atoms. The molecule has 1 heterocycles. The van der Waals surface area contributed by atoms with Gasteiger partial charge in [-0.1, -0.05) is 0 Å². The maximum atomic E-state index is 9.45. The molecule has 1 aromatic heterocycles. The van der Waals surface area contributed by atoms with Gasteiger partial charge >= 0.3 is 0 Å². The van der Waals surface area contributed by atoms with Crippen LogP contribution in [0.5, 0.6) is 0 Å². The second-order valence-electron chi connectivity index (χ2n) is 3.41. The highest BCUT2D eigenvalue weighted by Crippen LogP contribution is 2.12. The van der Waals surface area contributed by atoms with Gasteiger partial charge in [0, 0.05) is 25.5 Å². The fourth-order valence-electron chi connectivity index (χ4n) is 1.42. The van der Waals surface area contributed by atoms with Gasteiger partial charge in [-0.05, 0) is 19.1 Å². The van der Waals surface area contributed by atoms with Gasteiger partial charge in [0.25, 0.3) is 0 Å². The molecule has 4 heteroatoms. The molecule has 1 unspecified atom stereocenters. The van der Waals surface area contributed by atoms with Crippen molar-refractivity contribution in [3.63, 3.8) is 0 Å². The van der Waals surface area contributed by atoms with Gasteiger partial charge in [-0.2, -0.15) is 0 Å². The Hall–Kier alpha value is -0.840. The Bertz CT molecular complexity index is 271. The molecule has 0 saturated carbocycles. The van der Waals surface area contributed by atoms with E-state index >= 15 is 0 Å². The molecule has 0 spiro atoms. The van der Waals surface area contributed by atoms with E-state index in [1.807, 2.05) is 22.9 Å². The molecule has 0 amide bonds. The molecule has 1 N–H and O–H groups in total. The number of rotatable bonds is 7. The van der Waals surface area contributed by atoms with E-state index in [1.165, 1.54) is 0 Å². The lowest BCUT2D eigenvalue weighted by Crippen LogP contribution is -2.11. The van der Waals surface area contributed by atoms with Crippen LogP contribution in [0, 0.1) is 0 Å². The van der Waals surface area contributed by atoms with Crippen molar-refractivity contribution >= 4 is 0 Å². The molecule has 0 saturated heterocycles. The van der Waals surface area contributed by atoms with Crippen LogP contribution in [0.4, 0.5) is 0 Å². The Morgan fingerprint density at radius 1 is 1.40 bits per heavy atom. The number of aromatic nitrogens is 1. The van der Waals surface area contributed by atoms with Crippen LogP contribution in [0.15, 0.2) is 18.3 Å². The molecule has 0 aliphatic heterocycles. The van der Waals surface area contributed by atoms with Crippen LogP contribution >= 0.6 is 0 Å². The minimum atomic E-state index is -0.432. The van der Waals surface area contributed by atoms with Crippen LogP contribution < -0.4 is 0 Å². The van der Waals surface area contributed by atoms with Crippen LogP contribution in [0.25, 0.3) is 0 Å². The molecule has 4 nitrogen and oxygen atoms in total. The summed E-state index contributed by atoms with van der Waals surface area (Å²) in [5, 5.41) is 9.45. The highest BCUT2D eigenvalue weighted by Gasteiger charge is 2.05. The van der Waals surface area contributed by atoms with Crippen LogP contribution in [0.2, 0.25) is 0 Å². The van der Waals surface area contributed by atoms with Gasteiger partial charge in [0.2, 0.25) is 0 Å². The number of hydrogen-bond donors (Lipinski definition) is 1. The lowest BCUT2D eigenvalue weighted by Gasteiger charge is -2.11. The Labute approximate surface area is 90.4 Å². The first kappa shape index (κ1) is 12.2. The van der Waals surface area contributed by atoms with E-state index < -0.39 is 6.10 Å². The predicted octanol–water partition coefficient (Wildman–Crippen LogP) is 1.20. The molecule has 0 fully saturated rings. The molecule has 0 aromatic carbocycles. The average Bonchev–Trinajstić information content (AvgIpc) is 2.66. The highest BCUT2D eigenvalue weighted by atomic mass is 16.5. The summed E-state index contributed by atoms with van der Waals surface area (Å²) in [6.45, 7) is 4.39. The zero-order valence-electron chi connectivity index (χ0n) is 9.35. The van der Waals surface area contributed by atoms with E-state index in [2.05, 4.69) is 0 Å². The first-order valence-corrected chi connectivity index (χ1v) is 5.15. The first-order valence-electron chi connectivity index (χ1n) is 5.15. The highest BCUT2D eigenvalue weighted by molar-refractivity contribution is 5.09. The predicted molar refractivity (Wildman–Crippen MR) is 57.8 cm³/mol. The van der Waals surface area contributed by atoms with Crippen LogP contribution in [0.3, 0.4) is 0 Å². The molecular formula is C11H19NO3. The topological polar surface area (TPSA) is 43.6 Å². The Balaban J connectivity index is 2.28. The molecular weight excluding hydrogens is 194 g/mol. The van der Waals surface area contributed by atoms with Gasteiger partial charge in [0.15, 0.2) is 0 Å². The van der Waals surface area contributed by atoms with Gasteiger partial charge in [-0.15, -0.1) is 0 Å². The van der Waals surface area contributed by atoms with E-state index in [-0.39, 0.29) is 0 Å². The van der Waals surface area contributed by atoms with Crippen molar-refractivity contribution in [3.8, 4) is 0 Å². The molecule has 1 rings (SSSR count). The lowest BCUT2D eigenvalue weighted by atomic mass is 10.3. The van der Waals surface area contributed by atoms with Crippen LogP contribution in [-0.2, 0) is 16.0 Å². The lowest BCUT2D eigenvalue weighted by molar-refractivity contribution is 0.0655. The standard InChI is InChI=1S/C11H19NO3/c1-10(13)11-4-3-5-12(11)6-7-15-9-8-14-2/h3-5,10,13H,6-9H2,1-2H3. The van der Waals surface area contributed by atoms with Crippen molar-refractivity contribution in [3.05, 3.63) is 24.0 Å². The monoisotopic (exact) mass is 213 g/mol. The number of nitrogens with zero attached hydrogens (tertiary/aromatic N) is 1. The maximum Gasteiger partial charge on any atom is 0.0911 e. The van der Waals surface area contributed by atoms with Gasteiger partial charge in [0.1, 0.15) is 0 Å². The van der Waals surface area contributed by atoms with Crippen molar-refractivity contribution in [2.24, 2.45) is 0 Å². The van der Waals surface area contributed by atoms with Gasteiger partial charge in [-0.25, -0.2) is 0 Å². The number of hydrogen-bond acceptors (Lipinski definition) is 3. The summed E-state index contributed by atoms with van der Waals surface area (Å²) >= 11 is 0. The van der Waals surface area contributed by atoms with Crippen molar-refractivity contribution in [1.82, 2.24) is 4.57 Å². The van der Waals surface area contributed by atoms with Gasteiger partial charge < -0.3 is 19.1 Å². The summed E-state index contributed by atoms with van der Waals surface area (Å²) in [6.07, 6.45) is 1.51. The summed E-state index contributed by atoms with van der Waals surface area (Å²) in [4.78, 5) is 0. The minimum absolute atomic E-state index is 0.432. The normalized spacial score (nSPS) is 13.0. The summed E-state index contributed by atoms with van der Waals surface area (Å²) < 4.78 is 12.2. The fourth-order valence-corrected chi connectivity index (χ4v) is 1.42. The average molecular weight is 213 g/mol. The zero-order chi connectivity index (χ0) is 11.1. The number of aliphatic hydroxyl groups excluding tert-OH is 1. The number of methoxy groups -OCH3 is 1. The third-order valence-corrected chi connectivity index (χ3v) is 2.20. The minimum Gasteiger partial charge on any atom is -0.387 e. The quantitative estimate of drug-likeness (QED) is 0.692. The van der Waals surface area contributed by atoms with E-state index in [4.69, 9.17) is 9.47 Å². The van der Waals surface area contributed by atoms with Crippen molar-refractivity contribution in [2.75, 3.05) is 26.9 Å². The molecule has 86 valence electrons. The second-order valence-corrected chi connectivity index (χ2v) is 3.41. The fraction of sp³-hybridized carbons (Fsp3) is 0.636. The summed E-state index contributed by atoms with van der Waals surface area (Å²) in [5.41, 5.74) is 0.922. The van der Waals surface area contributed by atoms with Gasteiger partial charge in [-0.3, -0.25) is 0 Å². The summed E-state index contributed by atoms with van der Waals surface area (Å²) in [6, 6.07) is 3.84. The molecule has 0 radical (unpaired) electrons. The van der Waals surface area contributed by atoms with E-state index in [9.17, 15) is 5.11 Å². The third kappa shape index (κ3) is 4.03. The van der Waals surface area contributed by atoms with Crippen molar-refractivity contribution in [2.45, 2.75) is 19.6 Å². The van der Waals surface area contributed by atoms with Gasteiger partial charge in [0.05, 0.1) is 25.9 Å². The smallest absolute Gasteiger partial charge is 0.0911 e. The maximum absolute atomic E-state index is 9.45. The van der Waals surface area contributed by atoms with Crippen molar-refractivity contribution < 1.29 is 14.6 Å². The van der Waals surface area contributed by atoms with Crippen molar-refractivity contribution in [1.29, 1.82) is 0 Å². The molecule has 1 atom stereocenters. The first-order chi connectivity index (χ1) is 7.25. The molecule has 1 aromatic rings. The Morgan fingerprint density at radius 3 is 2.87 bits per heavy atom. The Morgan fingerprint density at radius 2 is 2.20 bits per heavy atom. The number of ether oxygens (including phenoxy) is 2. The SMILES string of the molecule is COCCOCCn1cccc1C(C)O. The van der Waals surface area contributed by atoms with Crippen LogP contribution in [-0.4, -0.2) is 36.6 Å². The van der Waals surface area contributed by atoms with E-state index in [0.29, 0.717) is 19.8 Å². The molecule has 0 aliphatic carbocycles. The van der Waals surface area contributed by atoms with Crippen LogP contribution in [0.1, 0.15) is 18.7 Å².